The van der Waals surface area contributed by atoms with Crippen molar-refractivity contribution in [2.24, 2.45) is 11.8 Å². The quantitative estimate of drug-likeness (QED) is 0.818. The van der Waals surface area contributed by atoms with Crippen molar-refractivity contribution < 1.29 is 14.3 Å². The highest BCUT2D eigenvalue weighted by atomic mass is 16.5. The fourth-order valence-corrected chi connectivity index (χ4v) is 3.78. The number of aromatic nitrogens is 2. The lowest BCUT2D eigenvalue weighted by Crippen LogP contribution is -2.37. The highest BCUT2D eigenvalue weighted by Gasteiger charge is 2.37. The molecular formula is C20H24N4O3. The second-order valence-corrected chi connectivity index (χ2v) is 7.32. The van der Waals surface area contributed by atoms with E-state index < -0.39 is 0 Å². The number of rotatable bonds is 5. The molecule has 1 amide bonds. The van der Waals surface area contributed by atoms with Gasteiger partial charge >= 0.3 is 0 Å². The Morgan fingerprint density at radius 2 is 1.89 bits per heavy atom. The van der Waals surface area contributed by atoms with E-state index in [2.05, 4.69) is 5.10 Å². The van der Waals surface area contributed by atoms with Crippen molar-refractivity contribution in [2.75, 3.05) is 25.9 Å². The standard InChI is InChI=1S/C20H24N4O3/c1-27-16-7-5-15(6-8-16)24-19(21)17(11-22-24)18(25)14-9-10-23(12-14)20(26)13-3-2-4-13/h5-8,11,13-14H,2-4,9-10,12,21H2,1H3/t14-/m0/s1. The number of likely N-dealkylation sites (tertiary alicyclic amines) is 1. The molecule has 1 saturated carbocycles. The first-order valence-electron chi connectivity index (χ1n) is 9.39. The van der Waals surface area contributed by atoms with Crippen LogP contribution in [0.4, 0.5) is 5.82 Å². The van der Waals surface area contributed by atoms with E-state index >= 15 is 0 Å². The molecule has 2 aliphatic rings. The van der Waals surface area contributed by atoms with Gasteiger partial charge in [-0.2, -0.15) is 5.10 Å². The van der Waals surface area contributed by atoms with E-state index in [-0.39, 0.29) is 23.5 Å². The Hall–Kier alpha value is -2.83. The smallest absolute Gasteiger partial charge is 0.225 e. The van der Waals surface area contributed by atoms with Crippen molar-refractivity contribution in [1.29, 1.82) is 0 Å². The molecule has 1 aromatic heterocycles. The Kier molecular flexibility index (Phi) is 4.59. The predicted molar refractivity (Wildman–Crippen MR) is 101 cm³/mol. The van der Waals surface area contributed by atoms with E-state index in [0.29, 0.717) is 30.9 Å². The number of ketones is 1. The predicted octanol–water partition coefficient (Wildman–Crippen LogP) is 2.29. The summed E-state index contributed by atoms with van der Waals surface area (Å²) >= 11 is 0. The van der Waals surface area contributed by atoms with Crippen LogP contribution in [0.25, 0.3) is 5.69 Å². The maximum Gasteiger partial charge on any atom is 0.225 e. The SMILES string of the molecule is COc1ccc(-n2ncc(C(=O)[C@H]3CCN(C(=O)C4CCC4)C3)c2N)cc1. The summed E-state index contributed by atoms with van der Waals surface area (Å²) < 4.78 is 6.71. The third-order valence-electron chi connectivity index (χ3n) is 5.71. The molecule has 2 fully saturated rings. The molecular weight excluding hydrogens is 344 g/mol. The van der Waals surface area contributed by atoms with Gasteiger partial charge in [-0.1, -0.05) is 6.42 Å². The molecule has 1 aliphatic carbocycles. The van der Waals surface area contributed by atoms with Gasteiger partial charge in [0.05, 0.1) is 24.6 Å². The Bertz CT molecular complexity index is 855. The number of hydrogen-bond acceptors (Lipinski definition) is 5. The number of ether oxygens (including phenoxy) is 1. The molecule has 2 heterocycles. The average Bonchev–Trinajstić information content (AvgIpc) is 3.27. The molecule has 1 atom stereocenters. The van der Waals surface area contributed by atoms with Gasteiger partial charge in [0.15, 0.2) is 5.78 Å². The van der Waals surface area contributed by atoms with Crippen molar-refractivity contribution in [3.05, 3.63) is 36.0 Å². The number of nitrogen functional groups attached to an aromatic ring is 1. The summed E-state index contributed by atoms with van der Waals surface area (Å²) in [5.41, 5.74) is 7.40. The lowest BCUT2D eigenvalue weighted by molar-refractivity contribution is -0.137. The molecule has 2 N–H and O–H groups in total. The first kappa shape index (κ1) is 17.6. The number of carbonyl (C=O) groups excluding carboxylic acids is 2. The Morgan fingerprint density at radius 1 is 1.15 bits per heavy atom. The van der Waals surface area contributed by atoms with Crippen molar-refractivity contribution in [3.63, 3.8) is 0 Å². The number of anilines is 1. The van der Waals surface area contributed by atoms with Crippen LogP contribution in [-0.4, -0.2) is 46.6 Å². The molecule has 7 heteroatoms. The van der Waals surface area contributed by atoms with Crippen LogP contribution in [0.5, 0.6) is 5.75 Å². The van der Waals surface area contributed by atoms with Crippen LogP contribution in [0.2, 0.25) is 0 Å². The normalized spacial score (nSPS) is 19.7. The monoisotopic (exact) mass is 368 g/mol. The number of amides is 1. The van der Waals surface area contributed by atoms with Crippen molar-refractivity contribution >= 4 is 17.5 Å². The molecule has 0 radical (unpaired) electrons. The minimum absolute atomic E-state index is 0.0313. The largest absolute Gasteiger partial charge is 0.497 e. The number of nitrogens with zero attached hydrogens (tertiary/aromatic N) is 3. The molecule has 142 valence electrons. The lowest BCUT2D eigenvalue weighted by Gasteiger charge is -2.29. The highest BCUT2D eigenvalue weighted by Crippen LogP contribution is 2.32. The van der Waals surface area contributed by atoms with Gasteiger partial charge in [0.1, 0.15) is 11.6 Å². The molecule has 27 heavy (non-hydrogen) atoms. The maximum atomic E-state index is 12.9. The van der Waals surface area contributed by atoms with E-state index in [0.717, 1.165) is 30.7 Å². The van der Waals surface area contributed by atoms with Gasteiger partial charge in [-0.15, -0.1) is 0 Å². The summed E-state index contributed by atoms with van der Waals surface area (Å²) in [6, 6.07) is 7.31. The van der Waals surface area contributed by atoms with Gasteiger partial charge in [-0.25, -0.2) is 4.68 Å². The van der Waals surface area contributed by atoms with E-state index in [1.54, 1.807) is 11.8 Å². The molecule has 1 aliphatic heterocycles. The highest BCUT2D eigenvalue weighted by molar-refractivity contribution is 6.02. The van der Waals surface area contributed by atoms with Crippen LogP contribution < -0.4 is 10.5 Å². The molecule has 7 nitrogen and oxygen atoms in total. The van der Waals surface area contributed by atoms with Crippen LogP contribution in [0.15, 0.2) is 30.5 Å². The van der Waals surface area contributed by atoms with E-state index in [1.807, 2.05) is 29.2 Å². The van der Waals surface area contributed by atoms with E-state index in [9.17, 15) is 9.59 Å². The molecule has 1 aromatic carbocycles. The topological polar surface area (TPSA) is 90.5 Å². The lowest BCUT2D eigenvalue weighted by atomic mass is 9.84. The third-order valence-corrected chi connectivity index (χ3v) is 5.71. The molecule has 4 rings (SSSR count). The number of hydrogen-bond donors (Lipinski definition) is 1. The van der Waals surface area contributed by atoms with Crippen LogP contribution in [0.1, 0.15) is 36.0 Å². The second kappa shape index (κ2) is 7.06. The number of methoxy groups -OCH3 is 1. The molecule has 1 saturated heterocycles. The van der Waals surface area contributed by atoms with Crippen LogP contribution in [0, 0.1) is 11.8 Å². The molecule has 2 aromatic rings. The van der Waals surface area contributed by atoms with Crippen LogP contribution >= 0.6 is 0 Å². The Balaban J connectivity index is 1.48. The zero-order chi connectivity index (χ0) is 19.0. The van der Waals surface area contributed by atoms with Crippen molar-refractivity contribution in [2.45, 2.75) is 25.7 Å². The summed E-state index contributed by atoms with van der Waals surface area (Å²) in [4.78, 5) is 27.2. The van der Waals surface area contributed by atoms with Gasteiger partial charge in [0.2, 0.25) is 5.91 Å². The maximum absolute atomic E-state index is 12.9. The third kappa shape index (κ3) is 3.18. The zero-order valence-corrected chi connectivity index (χ0v) is 15.4. The molecule has 0 spiro atoms. The fraction of sp³-hybridized carbons (Fsp3) is 0.450. The minimum atomic E-state index is -0.204. The van der Waals surface area contributed by atoms with Crippen molar-refractivity contribution in [3.8, 4) is 11.4 Å². The molecule has 0 unspecified atom stereocenters. The summed E-state index contributed by atoms with van der Waals surface area (Å²) in [5, 5.41) is 4.29. The summed E-state index contributed by atoms with van der Waals surface area (Å²) in [6.07, 6.45) is 5.31. The first-order chi connectivity index (χ1) is 13.1. The Morgan fingerprint density at radius 3 is 2.52 bits per heavy atom. The van der Waals surface area contributed by atoms with Crippen molar-refractivity contribution in [1.82, 2.24) is 14.7 Å². The van der Waals surface area contributed by atoms with E-state index in [1.165, 1.54) is 6.20 Å². The number of carbonyl (C=O) groups is 2. The van der Waals surface area contributed by atoms with Gasteiger partial charge in [0, 0.05) is 24.9 Å². The minimum Gasteiger partial charge on any atom is -0.497 e. The number of nitrogens with two attached hydrogens (primary N) is 1. The first-order valence-corrected chi connectivity index (χ1v) is 9.39. The fourth-order valence-electron chi connectivity index (χ4n) is 3.78. The molecule has 0 bridgehead atoms. The number of benzene rings is 1. The van der Waals surface area contributed by atoms with Gasteiger partial charge in [-0.05, 0) is 43.5 Å². The summed E-state index contributed by atoms with van der Waals surface area (Å²) in [7, 11) is 1.61. The van der Waals surface area contributed by atoms with Gasteiger partial charge in [0.25, 0.3) is 0 Å². The van der Waals surface area contributed by atoms with Crippen LogP contribution in [-0.2, 0) is 4.79 Å². The summed E-state index contributed by atoms with van der Waals surface area (Å²) in [5.74, 6) is 1.21. The second-order valence-electron chi connectivity index (χ2n) is 7.32. The number of Topliss-reactive ketones (excluding diaryl/α,β-unsaturated/α-hetero) is 1. The van der Waals surface area contributed by atoms with Gasteiger partial charge in [-0.3, -0.25) is 9.59 Å². The average molecular weight is 368 g/mol. The Labute approximate surface area is 158 Å². The summed E-state index contributed by atoms with van der Waals surface area (Å²) in [6.45, 7) is 1.14. The van der Waals surface area contributed by atoms with E-state index in [4.69, 9.17) is 10.5 Å². The van der Waals surface area contributed by atoms with Crippen LogP contribution in [0.3, 0.4) is 0 Å². The zero-order valence-electron chi connectivity index (χ0n) is 15.4. The van der Waals surface area contributed by atoms with Gasteiger partial charge < -0.3 is 15.4 Å².